The first kappa shape index (κ1) is 21.9. The van der Waals surface area contributed by atoms with Gasteiger partial charge in [-0.05, 0) is 43.2 Å². The van der Waals surface area contributed by atoms with Crippen molar-refractivity contribution < 1.29 is 18.7 Å². The highest BCUT2D eigenvalue weighted by molar-refractivity contribution is 5.77. The second-order valence-electron chi connectivity index (χ2n) is 8.02. The van der Waals surface area contributed by atoms with Gasteiger partial charge in [0.2, 0.25) is 11.7 Å². The van der Waals surface area contributed by atoms with E-state index in [1.807, 2.05) is 0 Å². The third-order valence-corrected chi connectivity index (χ3v) is 5.95. The Balaban J connectivity index is 1.53. The highest BCUT2D eigenvalue weighted by Crippen LogP contribution is 2.31. The van der Waals surface area contributed by atoms with E-state index in [0.29, 0.717) is 40.4 Å². The zero-order valence-electron chi connectivity index (χ0n) is 18.9. The van der Waals surface area contributed by atoms with Crippen LogP contribution in [0.15, 0.2) is 56.6 Å². The van der Waals surface area contributed by atoms with Gasteiger partial charge in [0.1, 0.15) is 6.54 Å². The summed E-state index contributed by atoms with van der Waals surface area (Å²) in [6.07, 6.45) is 1.58. The highest BCUT2D eigenvalue weighted by atomic mass is 16.5. The van der Waals surface area contributed by atoms with Crippen molar-refractivity contribution in [3.63, 3.8) is 0 Å². The molecule has 10 heteroatoms. The minimum Gasteiger partial charge on any atom is -0.493 e. The van der Waals surface area contributed by atoms with Crippen LogP contribution in [-0.2, 0) is 17.8 Å². The Hall–Kier alpha value is -3.92. The summed E-state index contributed by atoms with van der Waals surface area (Å²) in [7, 11) is 3.11. The molecule has 1 saturated heterocycles. The third-order valence-electron chi connectivity index (χ3n) is 5.95. The molecule has 2 aromatic heterocycles. The van der Waals surface area contributed by atoms with Crippen molar-refractivity contribution in [3.8, 4) is 22.9 Å². The zero-order valence-corrected chi connectivity index (χ0v) is 18.9. The van der Waals surface area contributed by atoms with E-state index in [1.165, 1.54) is 9.13 Å². The number of hydrogen-bond donors (Lipinski definition) is 0. The van der Waals surface area contributed by atoms with Crippen molar-refractivity contribution in [2.24, 2.45) is 0 Å². The predicted octanol–water partition coefficient (Wildman–Crippen LogP) is 2.46. The topological polar surface area (TPSA) is 111 Å². The van der Waals surface area contributed by atoms with Crippen LogP contribution in [0.3, 0.4) is 0 Å². The number of benzene rings is 2. The number of ether oxygens (including phenoxy) is 3. The van der Waals surface area contributed by atoms with Gasteiger partial charge in [0.15, 0.2) is 11.5 Å². The summed E-state index contributed by atoms with van der Waals surface area (Å²) < 4.78 is 24.5. The van der Waals surface area contributed by atoms with Crippen LogP contribution < -0.4 is 20.7 Å². The minimum absolute atomic E-state index is 0.0193. The summed E-state index contributed by atoms with van der Waals surface area (Å²) in [5.74, 6) is 1.71. The van der Waals surface area contributed by atoms with Gasteiger partial charge < -0.3 is 18.7 Å². The number of para-hydroxylation sites is 1. The SMILES string of the molecule is COc1ccc(-c2noc(Cn3c(=O)n(C[C@H]4CCCO4)c(=O)c4ccccc43)n2)cc1OC. The summed E-state index contributed by atoms with van der Waals surface area (Å²) in [4.78, 5) is 30.9. The largest absolute Gasteiger partial charge is 0.493 e. The molecule has 0 unspecified atom stereocenters. The van der Waals surface area contributed by atoms with Crippen molar-refractivity contribution in [2.75, 3.05) is 20.8 Å². The van der Waals surface area contributed by atoms with Gasteiger partial charge in [-0.15, -0.1) is 0 Å². The maximum absolute atomic E-state index is 13.4. The van der Waals surface area contributed by atoms with Crippen LogP contribution in [0.4, 0.5) is 0 Å². The monoisotopic (exact) mass is 464 g/mol. The zero-order chi connectivity index (χ0) is 23.7. The van der Waals surface area contributed by atoms with E-state index in [-0.39, 0.29) is 30.6 Å². The normalized spacial score (nSPS) is 15.6. The molecule has 1 fully saturated rings. The molecule has 1 atom stereocenters. The maximum Gasteiger partial charge on any atom is 0.332 e. The van der Waals surface area contributed by atoms with E-state index in [9.17, 15) is 9.59 Å². The molecule has 0 radical (unpaired) electrons. The molecule has 0 spiro atoms. The minimum atomic E-state index is -0.440. The fourth-order valence-electron chi connectivity index (χ4n) is 4.22. The molecule has 176 valence electrons. The van der Waals surface area contributed by atoms with Gasteiger partial charge in [-0.3, -0.25) is 13.9 Å². The summed E-state index contributed by atoms with van der Waals surface area (Å²) in [6, 6.07) is 12.3. The quantitative estimate of drug-likeness (QED) is 0.410. The van der Waals surface area contributed by atoms with Crippen molar-refractivity contribution in [2.45, 2.75) is 32.0 Å². The van der Waals surface area contributed by atoms with Crippen LogP contribution in [0.1, 0.15) is 18.7 Å². The first-order valence-electron chi connectivity index (χ1n) is 11.0. The van der Waals surface area contributed by atoms with Crippen LogP contribution >= 0.6 is 0 Å². The molecule has 34 heavy (non-hydrogen) atoms. The van der Waals surface area contributed by atoms with Gasteiger partial charge >= 0.3 is 5.69 Å². The first-order valence-corrected chi connectivity index (χ1v) is 11.0. The smallest absolute Gasteiger partial charge is 0.332 e. The average Bonchev–Trinajstić information content (AvgIpc) is 3.56. The van der Waals surface area contributed by atoms with Crippen LogP contribution in [0.2, 0.25) is 0 Å². The maximum atomic E-state index is 13.4. The van der Waals surface area contributed by atoms with Crippen molar-refractivity contribution >= 4 is 10.9 Å². The molecule has 0 aliphatic carbocycles. The number of aromatic nitrogens is 4. The third kappa shape index (κ3) is 3.96. The number of methoxy groups -OCH3 is 2. The fraction of sp³-hybridized carbons (Fsp3) is 0.333. The van der Waals surface area contributed by atoms with E-state index in [4.69, 9.17) is 18.7 Å². The number of fused-ring (bicyclic) bond motifs is 1. The molecule has 5 rings (SSSR count). The van der Waals surface area contributed by atoms with E-state index >= 15 is 0 Å². The van der Waals surface area contributed by atoms with Gasteiger partial charge in [-0.25, -0.2) is 4.79 Å². The molecular weight excluding hydrogens is 440 g/mol. The molecule has 0 saturated carbocycles. The van der Waals surface area contributed by atoms with Gasteiger partial charge in [-0.1, -0.05) is 17.3 Å². The lowest BCUT2D eigenvalue weighted by Crippen LogP contribution is -2.42. The first-order chi connectivity index (χ1) is 16.6. The summed E-state index contributed by atoms with van der Waals surface area (Å²) in [5.41, 5.74) is 0.411. The highest BCUT2D eigenvalue weighted by Gasteiger charge is 2.21. The second-order valence-corrected chi connectivity index (χ2v) is 8.02. The van der Waals surface area contributed by atoms with E-state index in [1.54, 1.807) is 56.7 Å². The Morgan fingerprint density at radius 1 is 1.06 bits per heavy atom. The molecule has 0 amide bonds. The number of nitrogens with zero attached hydrogens (tertiary/aromatic N) is 4. The van der Waals surface area contributed by atoms with E-state index in [2.05, 4.69) is 10.1 Å². The molecule has 10 nitrogen and oxygen atoms in total. The lowest BCUT2D eigenvalue weighted by atomic mass is 10.2. The summed E-state index contributed by atoms with van der Waals surface area (Å²) >= 11 is 0. The van der Waals surface area contributed by atoms with Gasteiger partial charge in [0, 0.05) is 12.2 Å². The number of hydrogen-bond acceptors (Lipinski definition) is 8. The lowest BCUT2D eigenvalue weighted by molar-refractivity contribution is 0.0948. The summed E-state index contributed by atoms with van der Waals surface area (Å²) in [5, 5.41) is 4.50. The van der Waals surface area contributed by atoms with E-state index < -0.39 is 5.69 Å². The van der Waals surface area contributed by atoms with Gasteiger partial charge in [0.25, 0.3) is 5.56 Å². The Morgan fingerprint density at radius 2 is 1.88 bits per heavy atom. The predicted molar refractivity (Wildman–Crippen MR) is 123 cm³/mol. The van der Waals surface area contributed by atoms with Crippen molar-refractivity contribution in [1.82, 2.24) is 19.3 Å². The standard InChI is InChI=1S/C24H24N4O6/c1-31-19-10-9-15(12-20(19)32-2)22-25-21(34-26-22)14-27-18-8-4-3-7-17(18)23(29)28(24(27)30)13-16-6-5-11-33-16/h3-4,7-10,12,16H,5-6,11,13-14H2,1-2H3/t16-/m1/s1. The molecule has 3 heterocycles. The molecule has 1 aliphatic heterocycles. The molecular formula is C24H24N4O6. The summed E-state index contributed by atoms with van der Waals surface area (Å²) in [6.45, 7) is 0.872. The average molecular weight is 464 g/mol. The van der Waals surface area contributed by atoms with Crippen LogP contribution in [0, 0.1) is 0 Å². The molecule has 2 aromatic carbocycles. The number of rotatable bonds is 7. The van der Waals surface area contributed by atoms with Crippen molar-refractivity contribution in [3.05, 3.63) is 69.2 Å². The molecule has 4 aromatic rings. The van der Waals surface area contributed by atoms with E-state index in [0.717, 1.165) is 12.8 Å². The molecule has 0 bridgehead atoms. The molecule has 1 aliphatic rings. The molecule has 0 N–H and O–H groups in total. The second kappa shape index (κ2) is 9.14. The van der Waals surface area contributed by atoms with Gasteiger partial charge in [0.05, 0.1) is 37.8 Å². The van der Waals surface area contributed by atoms with Crippen LogP contribution in [0.5, 0.6) is 11.5 Å². The lowest BCUT2D eigenvalue weighted by Gasteiger charge is -2.15. The van der Waals surface area contributed by atoms with Crippen molar-refractivity contribution in [1.29, 1.82) is 0 Å². The Bertz CT molecular complexity index is 1450. The fourth-order valence-corrected chi connectivity index (χ4v) is 4.22. The van der Waals surface area contributed by atoms with Crippen LogP contribution in [-0.4, -0.2) is 46.2 Å². The Morgan fingerprint density at radius 3 is 2.65 bits per heavy atom. The Labute approximate surface area is 194 Å². The Kier molecular flexibility index (Phi) is 5.89. The van der Waals surface area contributed by atoms with Gasteiger partial charge in [-0.2, -0.15) is 4.98 Å². The van der Waals surface area contributed by atoms with Crippen LogP contribution in [0.25, 0.3) is 22.3 Å².